The Balaban J connectivity index is 2.19. The van der Waals surface area contributed by atoms with Gasteiger partial charge in [0.25, 0.3) is 0 Å². The van der Waals surface area contributed by atoms with E-state index in [9.17, 15) is 0 Å². The third-order valence-corrected chi connectivity index (χ3v) is 4.93. The molecule has 0 radical (unpaired) electrons. The predicted octanol–water partition coefficient (Wildman–Crippen LogP) is 2.79. The van der Waals surface area contributed by atoms with Gasteiger partial charge < -0.3 is 5.73 Å². The van der Waals surface area contributed by atoms with E-state index in [1.54, 1.807) is 11.3 Å². The zero-order valence-corrected chi connectivity index (χ0v) is 13.7. The van der Waals surface area contributed by atoms with Crippen LogP contribution in [0.5, 0.6) is 0 Å². The van der Waals surface area contributed by atoms with Crippen LogP contribution in [-0.4, -0.2) is 25.2 Å². The van der Waals surface area contributed by atoms with Crippen molar-refractivity contribution in [3.63, 3.8) is 0 Å². The second-order valence-corrected chi connectivity index (χ2v) is 6.39. The SMILES string of the molecule is CCC(N)Cc1c(-n2nc(C)c(C)c2C)nc2sccn12. The lowest BCUT2D eigenvalue weighted by Crippen LogP contribution is -2.23. The van der Waals surface area contributed by atoms with Crippen molar-refractivity contribution in [2.75, 3.05) is 0 Å². The van der Waals surface area contributed by atoms with Crippen LogP contribution in [0.4, 0.5) is 0 Å². The Morgan fingerprint density at radius 1 is 1.33 bits per heavy atom. The first-order valence-electron chi connectivity index (χ1n) is 7.26. The summed E-state index contributed by atoms with van der Waals surface area (Å²) in [5, 5.41) is 6.71. The van der Waals surface area contributed by atoms with Crippen molar-refractivity contribution in [1.29, 1.82) is 0 Å². The average molecular weight is 303 g/mol. The van der Waals surface area contributed by atoms with Crippen LogP contribution in [0.25, 0.3) is 10.8 Å². The molecule has 0 aliphatic carbocycles. The summed E-state index contributed by atoms with van der Waals surface area (Å²) in [6.45, 7) is 8.34. The summed E-state index contributed by atoms with van der Waals surface area (Å²) in [7, 11) is 0. The summed E-state index contributed by atoms with van der Waals surface area (Å²) in [6, 6.07) is 0.140. The van der Waals surface area contributed by atoms with Gasteiger partial charge >= 0.3 is 0 Å². The van der Waals surface area contributed by atoms with E-state index in [0.29, 0.717) is 0 Å². The Labute approximate surface area is 128 Å². The van der Waals surface area contributed by atoms with Gasteiger partial charge in [-0.05, 0) is 32.8 Å². The fourth-order valence-electron chi connectivity index (χ4n) is 2.50. The molecule has 3 aromatic heterocycles. The lowest BCUT2D eigenvalue weighted by Gasteiger charge is -2.10. The van der Waals surface area contributed by atoms with Gasteiger partial charge in [-0.15, -0.1) is 11.3 Å². The highest BCUT2D eigenvalue weighted by atomic mass is 32.1. The molecule has 0 aromatic carbocycles. The molecule has 5 nitrogen and oxygen atoms in total. The minimum absolute atomic E-state index is 0.140. The predicted molar refractivity (Wildman–Crippen MR) is 86.4 cm³/mol. The summed E-state index contributed by atoms with van der Waals surface area (Å²) in [5.41, 5.74) is 10.7. The molecule has 2 N–H and O–H groups in total. The lowest BCUT2D eigenvalue weighted by molar-refractivity contribution is 0.628. The average Bonchev–Trinajstić information content (AvgIpc) is 3.11. The van der Waals surface area contributed by atoms with Gasteiger partial charge in [-0.25, -0.2) is 4.68 Å². The van der Waals surface area contributed by atoms with Crippen LogP contribution >= 0.6 is 11.3 Å². The number of imidazole rings is 1. The number of nitrogens with zero attached hydrogens (tertiary/aromatic N) is 4. The summed E-state index contributed by atoms with van der Waals surface area (Å²) in [6.07, 6.45) is 3.82. The van der Waals surface area contributed by atoms with Gasteiger partial charge in [0.05, 0.1) is 11.4 Å². The van der Waals surface area contributed by atoms with Gasteiger partial charge in [-0.3, -0.25) is 4.40 Å². The molecular weight excluding hydrogens is 282 g/mol. The number of aryl methyl sites for hydroxylation is 1. The van der Waals surface area contributed by atoms with E-state index in [2.05, 4.69) is 41.8 Å². The Morgan fingerprint density at radius 3 is 2.71 bits per heavy atom. The Bertz CT molecular complexity index is 780. The van der Waals surface area contributed by atoms with E-state index in [4.69, 9.17) is 10.7 Å². The molecular formula is C15H21N5S. The third-order valence-electron chi connectivity index (χ3n) is 4.17. The largest absolute Gasteiger partial charge is 0.327 e. The third kappa shape index (κ3) is 2.28. The first kappa shape index (κ1) is 14.3. The van der Waals surface area contributed by atoms with Gasteiger partial charge in [-0.1, -0.05) is 6.92 Å². The van der Waals surface area contributed by atoms with Gasteiger partial charge in [0, 0.05) is 29.7 Å². The van der Waals surface area contributed by atoms with Gasteiger partial charge in [-0.2, -0.15) is 10.1 Å². The number of fused-ring (bicyclic) bond motifs is 1. The molecule has 21 heavy (non-hydrogen) atoms. The Kier molecular flexibility index (Phi) is 3.59. The second kappa shape index (κ2) is 5.27. The number of hydrogen-bond acceptors (Lipinski definition) is 4. The van der Waals surface area contributed by atoms with Crippen molar-refractivity contribution in [2.24, 2.45) is 5.73 Å². The summed E-state index contributed by atoms with van der Waals surface area (Å²) in [5.74, 6) is 0.916. The van der Waals surface area contributed by atoms with Crippen LogP contribution < -0.4 is 5.73 Å². The number of rotatable bonds is 4. The summed E-state index contributed by atoms with van der Waals surface area (Å²) in [4.78, 5) is 5.77. The number of nitrogens with two attached hydrogens (primary N) is 1. The molecule has 1 atom stereocenters. The first-order chi connectivity index (χ1) is 10.0. The van der Waals surface area contributed by atoms with E-state index in [1.807, 2.05) is 11.6 Å². The van der Waals surface area contributed by atoms with Crippen molar-refractivity contribution >= 4 is 16.3 Å². The Hall–Kier alpha value is -1.66. The molecule has 0 amide bonds. The van der Waals surface area contributed by atoms with Gasteiger partial charge in [0.15, 0.2) is 10.8 Å². The maximum atomic E-state index is 6.18. The quantitative estimate of drug-likeness (QED) is 0.806. The van der Waals surface area contributed by atoms with Crippen molar-refractivity contribution in [1.82, 2.24) is 19.2 Å². The van der Waals surface area contributed by atoms with E-state index in [1.165, 1.54) is 5.56 Å². The molecule has 1 unspecified atom stereocenters. The molecule has 112 valence electrons. The number of thiazole rings is 1. The maximum absolute atomic E-state index is 6.18. The maximum Gasteiger partial charge on any atom is 0.195 e. The molecule has 0 saturated carbocycles. The van der Waals surface area contributed by atoms with Crippen LogP contribution in [0.15, 0.2) is 11.6 Å². The summed E-state index contributed by atoms with van der Waals surface area (Å²) >= 11 is 1.64. The monoisotopic (exact) mass is 303 g/mol. The van der Waals surface area contributed by atoms with Crippen molar-refractivity contribution < 1.29 is 0 Å². The van der Waals surface area contributed by atoms with E-state index < -0.39 is 0 Å². The first-order valence-corrected chi connectivity index (χ1v) is 8.14. The van der Waals surface area contributed by atoms with Crippen LogP contribution in [0.3, 0.4) is 0 Å². The topological polar surface area (TPSA) is 61.1 Å². The van der Waals surface area contributed by atoms with Crippen LogP contribution in [0.2, 0.25) is 0 Å². The van der Waals surface area contributed by atoms with Crippen molar-refractivity contribution in [3.05, 3.63) is 34.2 Å². The highest BCUT2D eigenvalue weighted by molar-refractivity contribution is 7.15. The molecule has 0 saturated heterocycles. The molecule has 0 aliphatic rings. The molecule has 0 spiro atoms. The normalized spacial score (nSPS) is 13.2. The molecule has 3 aromatic rings. The zero-order chi connectivity index (χ0) is 15.1. The molecule has 0 aliphatic heterocycles. The summed E-state index contributed by atoms with van der Waals surface area (Å²) < 4.78 is 4.10. The van der Waals surface area contributed by atoms with Gasteiger partial charge in [0.1, 0.15) is 0 Å². The number of aromatic nitrogens is 4. The van der Waals surface area contributed by atoms with E-state index in [0.717, 1.165) is 40.7 Å². The van der Waals surface area contributed by atoms with Crippen LogP contribution in [0, 0.1) is 20.8 Å². The fourth-order valence-corrected chi connectivity index (χ4v) is 3.23. The smallest absolute Gasteiger partial charge is 0.195 e. The molecule has 0 bridgehead atoms. The zero-order valence-electron chi connectivity index (χ0n) is 12.9. The molecule has 3 rings (SSSR count). The highest BCUT2D eigenvalue weighted by Gasteiger charge is 2.20. The van der Waals surface area contributed by atoms with E-state index in [-0.39, 0.29) is 6.04 Å². The highest BCUT2D eigenvalue weighted by Crippen LogP contribution is 2.24. The van der Waals surface area contributed by atoms with Crippen LogP contribution in [0.1, 0.15) is 36.0 Å². The second-order valence-electron chi connectivity index (χ2n) is 5.52. The molecule has 3 heterocycles. The molecule has 6 heteroatoms. The van der Waals surface area contributed by atoms with Crippen molar-refractivity contribution in [2.45, 2.75) is 46.6 Å². The van der Waals surface area contributed by atoms with Crippen LogP contribution in [-0.2, 0) is 6.42 Å². The lowest BCUT2D eigenvalue weighted by atomic mass is 10.1. The molecule has 0 fully saturated rings. The minimum Gasteiger partial charge on any atom is -0.327 e. The van der Waals surface area contributed by atoms with E-state index >= 15 is 0 Å². The standard InChI is InChI=1S/C15H21N5S/c1-5-12(16)8-13-14(17-15-19(13)6-7-21-15)20-11(4)9(2)10(3)18-20/h6-7,12H,5,8,16H2,1-4H3. The fraction of sp³-hybridized carbons (Fsp3) is 0.467. The van der Waals surface area contributed by atoms with Crippen molar-refractivity contribution in [3.8, 4) is 5.82 Å². The van der Waals surface area contributed by atoms with Gasteiger partial charge in [0.2, 0.25) is 0 Å². The minimum atomic E-state index is 0.140. The number of hydrogen-bond donors (Lipinski definition) is 1. The Morgan fingerprint density at radius 2 is 2.10 bits per heavy atom.